The summed E-state index contributed by atoms with van der Waals surface area (Å²) in [6.45, 7) is 0. The maximum atomic E-state index is 12.3. The zero-order chi connectivity index (χ0) is 18.8. The van der Waals surface area contributed by atoms with E-state index in [4.69, 9.17) is 37.4 Å². The lowest BCUT2D eigenvalue weighted by atomic mass is 10.1. The minimum Gasteiger partial charge on any atom is -0.493 e. The fraction of sp³-hybridized carbons (Fsp3) is 0.176. The number of carbonyl (C=O) groups is 2. The summed E-state index contributed by atoms with van der Waals surface area (Å²) in [5.74, 6) is -0.420. The van der Waals surface area contributed by atoms with Crippen molar-refractivity contribution in [2.24, 2.45) is 0 Å². The number of halogens is 2. The fourth-order valence-electron chi connectivity index (χ4n) is 2.58. The molecule has 0 unspecified atom stereocenters. The number of fused-ring (bicyclic) bond motifs is 1. The maximum absolute atomic E-state index is 12.3. The minimum absolute atomic E-state index is 0.201. The molecule has 1 atom stereocenters. The summed E-state index contributed by atoms with van der Waals surface area (Å²) >= 11 is 11.8. The number of methoxy groups -OCH3 is 2. The zero-order valence-corrected chi connectivity index (χ0v) is 15.3. The predicted octanol–water partition coefficient (Wildman–Crippen LogP) is 3.11. The Labute approximate surface area is 159 Å². The van der Waals surface area contributed by atoms with Gasteiger partial charge >= 0.3 is 5.97 Å². The molecule has 0 radical (unpaired) electrons. The van der Waals surface area contributed by atoms with Gasteiger partial charge in [0.1, 0.15) is 5.56 Å². The van der Waals surface area contributed by atoms with Gasteiger partial charge in [0.25, 0.3) is 5.91 Å². The van der Waals surface area contributed by atoms with Crippen molar-refractivity contribution < 1.29 is 23.8 Å². The normalized spacial score (nSPS) is 15.2. The average Bonchev–Trinajstić information content (AvgIpc) is 2.95. The molecule has 0 aliphatic carbocycles. The third kappa shape index (κ3) is 3.29. The highest BCUT2D eigenvalue weighted by Crippen LogP contribution is 2.40. The van der Waals surface area contributed by atoms with E-state index in [-0.39, 0.29) is 21.9 Å². The van der Waals surface area contributed by atoms with Crippen molar-refractivity contribution in [1.82, 2.24) is 10.9 Å². The summed E-state index contributed by atoms with van der Waals surface area (Å²) in [6.07, 6.45) is -0.882. The molecule has 0 saturated carbocycles. The lowest BCUT2D eigenvalue weighted by molar-refractivity contribution is 0.0260. The second kappa shape index (κ2) is 7.41. The predicted molar refractivity (Wildman–Crippen MR) is 94.8 cm³/mol. The number of benzene rings is 2. The van der Waals surface area contributed by atoms with Crippen LogP contribution in [-0.4, -0.2) is 26.1 Å². The van der Waals surface area contributed by atoms with Crippen molar-refractivity contribution >= 4 is 35.1 Å². The van der Waals surface area contributed by atoms with Crippen LogP contribution in [0.25, 0.3) is 0 Å². The van der Waals surface area contributed by atoms with Crippen molar-refractivity contribution in [3.05, 3.63) is 57.1 Å². The number of hydrogen-bond acceptors (Lipinski definition) is 6. The van der Waals surface area contributed by atoms with Crippen LogP contribution in [0, 0.1) is 0 Å². The molecule has 0 saturated heterocycles. The molecule has 0 fully saturated rings. The van der Waals surface area contributed by atoms with Crippen LogP contribution in [0.15, 0.2) is 30.3 Å². The third-order valence-electron chi connectivity index (χ3n) is 3.78. The highest BCUT2D eigenvalue weighted by Gasteiger charge is 2.36. The van der Waals surface area contributed by atoms with Crippen molar-refractivity contribution in [2.45, 2.75) is 6.23 Å². The largest absolute Gasteiger partial charge is 0.493 e. The Morgan fingerprint density at radius 3 is 2.58 bits per heavy atom. The van der Waals surface area contributed by atoms with Gasteiger partial charge in [-0.2, -0.15) is 5.43 Å². The molecule has 3 rings (SSSR count). The van der Waals surface area contributed by atoms with Crippen molar-refractivity contribution in [2.75, 3.05) is 14.2 Å². The van der Waals surface area contributed by atoms with E-state index < -0.39 is 18.1 Å². The summed E-state index contributed by atoms with van der Waals surface area (Å²) < 4.78 is 15.7. The molecule has 2 N–H and O–H groups in total. The quantitative estimate of drug-likeness (QED) is 0.596. The Kier molecular flexibility index (Phi) is 5.22. The molecule has 1 aliphatic heterocycles. The number of cyclic esters (lactones) is 1. The van der Waals surface area contributed by atoms with Gasteiger partial charge in [0, 0.05) is 10.6 Å². The number of rotatable bonds is 5. The molecular weight excluding hydrogens is 383 g/mol. The SMILES string of the molecule is COc1ccc2c(c1OC)C(=O)O[C@@H]2NNC(=O)c1ccc(Cl)cc1Cl. The van der Waals surface area contributed by atoms with E-state index in [0.717, 1.165) is 0 Å². The average molecular weight is 397 g/mol. The first-order valence-corrected chi connectivity index (χ1v) is 8.18. The Morgan fingerprint density at radius 1 is 1.15 bits per heavy atom. The van der Waals surface area contributed by atoms with Crippen LogP contribution in [0.3, 0.4) is 0 Å². The van der Waals surface area contributed by atoms with Crippen LogP contribution in [0.2, 0.25) is 10.0 Å². The van der Waals surface area contributed by atoms with E-state index in [0.29, 0.717) is 16.3 Å². The smallest absolute Gasteiger partial charge is 0.344 e. The summed E-state index contributed by atoms with van der Waals surface area (Å²) in [4.78, 5) is 24.4. The van der Waals surface area contributed by atoms with Gasteiger partial charge in [-0.25, -0.2) is 4.79 Å². The molecule has 9 heteroatoms. The highest BCUT2D eigenvalue weighted by molar-refractivity contribution is 6.36. The molecule has 7 nitrogen and oxygen atoms in total. The van der Waals surface area contributed by atoms with E-state index >= 15 is 0 Å². The van der Waals surface area contributed by atoms with Gasteiger partial charge in [0.15, 0.2) is 17.7 Å². The standard InChI is InChI=1S/C17H14Cl2N2O5/c1-24-12-6-5-10-13(14(12)25-2)17(23)26-16(10)21-20-15(22)9-4-3-8(18)7-11(9)19/h3-7,16,21H,1-2H3,(H,20,22)/t16-/m0/s1. The molecule has 136 valence electrons. The topological polar surface area (TPSA) is 85.9 Å². The Hall–Kier alpha value is -2.48. The monoisotopic (exact) mass is 396 g/mol. The number of esters is 1. The van der Waals surface area contributed by atoms with E-state index in [2.05, 4.69) is 10.9 Å². The summed E-state index contributed by atoms with van der Waals surface area (Å²) in [5.41, 5.74) is 6.10. The van der Waals surface area contributed by atoms with Gasteiger partial charge < -0.3 is 14.2 Å². The number of hydrazine groups is 1. The number of ether oxygens (including phenoxy) is 3. The van der Waals surface area contributed by atoms with Gasteiger partial charge in [-0.1, -0.05) is 23.2 Å². The minimum atomic E-state index is -0.882. The molecule has 0 bridgehead atoms. The number of nitrogens with one attached hydrogen (secondary N) is 2. The van der Waals surface area contributed by atoms with Gasteiger partial charge in [0.2, 0.25) is 0 Å². The zero-order valence-electron chi connectivity index (χ0n) is 13.8. The molecule has 1 heterocycles. The van der Waals surface area contributed by atoms with Crippen LogP contribution in [0.4, 0.5) is 0 Å². The first-order valence-electron chi connectivity index (χ1n) is 7.43. The van der Waals surface area contributed by atoms with Crippen molar-refractivity contribution in [3.63, 3.8) is 0 Å². The van der Waals surface area contributed by atoms with Crippen LogP contribution < -0.4 is 20.3 Å². The summed E-state index contributed by atoms with van der Waals surface area (Å²) in [6, 6.07) is 7.79. The molecule has 2 aromatic carbocycles. The first-order chi connectivity index (χ1) is 12.5. The van der Waals surface area contributed by atoms with E-state index in [1.54, 1.807) is 18.2 Å². The van der Waals surface area contributed by atoms with E-state index in [9.17, 15) is 9.59 Å². The molecule has 1 amide bonds. The Morgan fingerprint density at radius 2 is 1.92 bits per heavy atom. The molecular formula is C17H14Cl2N2O5. The lowest BCUT2D eigenvalue weighted by Crippen LogP contribution is -2.40. The fourth-order valence-corrected chi connectivity index (χ4v) is 3.07. The van der Waals surface area contributed by atoms with Gasteiger partial charge in [-0.05, 0) is 30.3 Å². The van der Waals surface area contributed by atoms with Gasteiger partial charge in [0.05, 0.1) is 24.8 Å². The van der Waals surface area contributed by atoms with Crippen LogP contribution >= 0.6 is 23.2 Å². The molecule has 1 aliphatic rings. The number of carbonyl (C=O) groups excluding carboxylic acids is 2. The lowest BCUT2D eigenvalue weighted by Gasteiger charge is -2.15. The highest BCUT2D eigenvalue weighted by atomic mass is 35.5. The molecule has 0 aromatic heterocycles. The summed E-state index contributed by atoms with van der Waals surface area (Å²) in [7, 11) is 2.90. The molecule has 0 spiro atoms. The Balaban J connectivity index is 1.79. The van der Waals surface area contributed by atoms with E-state index in [1.807, 2.05) is 0 Å². The van der Waals surface area contributed by atoms with Crippen LogP contribution in [0.1, 0.15) is 32.5 Å². The molecule has 26 heavy (non-hydrogen) atoms. The first kappa shape index (κ1) is 18.3. The number of amides is 1. The number of hydrogen-bond donors (Lipinski definition) is 2. The third-order valence-corrected chi connectivity index (χ3v) is 4.33. The van der Waals surface area contributed by atoms with E-state index in [1.165, 1.54) is 26.4 Å². The second-order valence-corrected chi connectivity index (χ2v) is 6.12. The molecule has 2 aromatic rings. The maximum Gasteiger partial charge on any atom is 0.344 e. The summed E-state index contributed by atoms with van der Waals surface area (Å²) in [5, 5.41) is 0.617. The van der Waals surface area contributed by atoms with Gasteiger partial charge in [-0.3, -0.25) is 10.2 Å². The van der Waals surface area contributed by atoms with Gasteiger partial charge in [-0.15, -0.1) is 0 Å². The van der Waals surface area contributed by atoms with Crippen LogP contribution in [0.5, 0.6) is 11.5 Å². The van der Waals surface area contributed by atoms with Crippen molar-refractivity contribution in [3.8, 4) is 11.5 Å². The second-order valence-electron chi connectivity index (χ2n) is 5.27. The van der Waals surface area contributed by atoms with Crippen molar-refractivity contribution in [1.29, 1.82) is 0 Å². The van der Waals surface area contributed by atoms with Crippen LogP contribution in [-0.2, 0) is 4.74 Å². The Bertz CT molecular complexity index is 888.